The normalized spacial score (nSPS) is 10.7. The topological polar surface area (TPSA) is 78.3 Å². The lowest BCUT2D eigenvalue weighted by Crippen LogP contribution is -2.19. The molecule has 138 valence electrons. The van der Waals surface area contributed by atoms with E-state index in [1.807, 2.05) is 12.1 Å². The molecule has 0 unspecified atom stereocenters. The van der Waals surface area contributed by atoms with Crippen LogP contribution < -0.4 is 5.56 Å². The summed E-state index contributed by atoms with van der Waals surface area (Å²) in [4.78, 5) is 40.1. The summed E-state index contributed by atoms with van der Waals surface area (Å²) in [7, 11) is 1.79. The summed E-state index contributed by atoms with van der Waals surface area (Å²) < 4.78 is 6.81. The van der Waals surface area contributed by atoms with Crippen LogP contribution in [0, 0.1) is 0 Å². The van der Waals surface area contributed by atoms with E-state index in [4.69, 9.17) is 16.3 Å². The van der Waals surface area contributed by atoms with E-state index in [1.165, 1.54) is 0 Å². The van der Waals surface area contributed by atoms with Crippen molar-refractivity contribution in [2.45, 2.75) is 12.8 Å². The Morgan fingerprint density at radius 2 is 1.81 bits per heavy atom. The van der Waals surface area contributed by atoms with E-state index in [-0.39, 0.29) is 30.8 Å². The van der Waals surface area contributed by atoms with Gasteiger partial charge in [-0.2, -0.15) is 4.98 Å². The zero-order chi connectivity index (χ0) is 19.4. The van der Waals surface area contributed by atoms with Crippen LogP contribution in [0.25, 0.3) is 10.9 Å². The second-order valence-corrected chi connectivity index (χ2v) is 6.44. The van der Waals surface area contributed by atoms with Crippen molar-refractivity contribution in [3.8, 4) is 0 Å². The SMILES string of the molecule is Cn1c(CCC(=O)OCC(=O)c2ccc(Cl)cc2)nc(=O)c2ccccc21. The van der Waals surface area contributed by atoms with Gasteiger partial charge in [0.2, 0.25) is 0 Å². The van der Waals surface area contributed by atoms with Gasteiger partial charge in [-0.15, -0.1) is 0 Å². The van der Waals surface area contributed by atoms with Crippen LogP contribution in [-0.2, 0) is 23.0 Å². The van der Waals surface area contributed by atoms with Gasteiger partial charge in [0.05, 0.1) is 17.3 Å². The van der Waals surface area contributed by atoms with Gasteiger partial charge in [0, 0.05) is 24.1 Å². The van der Waals surface area contributed by atoms with E-state index in [9.17, 15) is 14.4 Å². The monoisotopic (exact) mass is 384 g/mol. The number of aryl methyl sites for hydroxylation is 2. The Morgan fingerprint density at radius 3 is 2.56 bits per heavy atom. The van der Waals surface area contributed by atoms with Crippen molar-refractivity contribution < 1.29 is 14.3 Å². The number of nitrogens with zero attached hydrogens (tertiary/aromatic N) is 2. The minimum Gasteiger partial charge on any atom is -0.457 e. The van der Waals surface area contributed by atoms with E-state index in [0.29, 0.717) is 21.8 Å². The van der Waals surface area contributed by atoms with E-state index in [1.54, 1.807) is 48.0 Å². The third-order valence-corrected chi connectivity index (χ3v) is 4.45. The number of hydrogen-bond donors (Lipinski definition) is 0. The molecule has 3 rings (SSSR count). The van der Waals surface area contributed by atoms with Gasteiger partial charge in [-0.1, -0.05) is 23.7 Å². The molecule has 6 nitrogen and oxygen atoms in total. The van der Waals surface area contributed by atoms with Gasteiger partial charge in [0.25, 0.3) is 5.56 Å². The standard InChI is InChI=1S/C20H17ClN2O4/c1-23-16-5-3-2-4-15(16)20(26)22-18(23)10-11-19(25)27-12-17(24)13-6-8-14(21)9-7-13/h2-9H,10-12H2,1H3. The van der Waals surface area contributed by atoms with Crippen LogP contribution in [0.15, 0.2) is 53.3 Å². The van der Waals surface area contributed by atoms with Gasteiger partial charge in [0.1, 0.15) is 5.82 Å². The molecule has 0 bridgehead atoms. The molecule has 0 amide bonds. The molecule has 7 heteroatoms. The molecule has 0 saturated heterocycles. The maximum absolute atomic E-state index is 12.1. The molecule has 0 aliphatic heterocycles. The highest BCUT2D eigenvalue weighted by Gasteiger charge is 2.13. The predicted octanol–water partition coefficient (Wildman–Crippen LogP) is 2.95. The molecular weight excluding hydrogens is 368 g/mol. The number of ether oxygens (including phenoxy) is 1. The summed E-state index contributed by atoms with van der Waals surface area (Å²) in [5.41, 5.74) is 0.842. The van der Waals surface area contributed by atoms with Crippen LogP contribution >= 0.6 is 11.6 Å². The maximum Gasteiger partial charge on any atom is 0.306 e. The summed E-state index contributed by atoms with van der Waals surface area (Å²) in [6.07, 6.45) is 0.261. The fourth-order valence-corrected chi connectivity index (χ4v) is 2.84. The highest BCUT2D eigenvalue weighted by atomic mass is 35.5. The number of esters is 1. The zero-order valence-electron chi connectivity index (χ0n) is 14.6. The smallest absolute Gasteiger partial charge is 0.306 e. The van der Waals surface area contributed by atoms with E-state index in [0.717, 1.165) is 5.52 Å². The number of carbonyl (C=O) groups is 2. The number of rotatable bonds is 6. The van der Waals surface area contributed by atoms with Crippen LogP contribution in [0.4, 0.5) is 0 Å². The number of halogens is 1. The predicted molar refractivity (Wildman–Crippen MR) is 102 cm³/mol. The third kappa shape index (κ3) is 4.41. The molecule has 0 aliphatic carbocycles. The largest absolute Gasteiger partial charge is 0.457 e. The molecule has 0 saturated carbocycles. The molecule has 0 N–H and O–H groups in total. The van der Waals surface area contributed by atoms with Crippen LogP contribution in [0.5, 0.6) is 0 Å². The first kappa shape index (κ1) is 18.8. The molecule has 1 aromatic heterocycles. The van der Waals surface area contributed by atoms with Crippen molar-refractivity contribution in [3.63, 3.8) is 0 Å². The molecular formula is C20H17ClN2O4. The van der Waals surface area contributed by atoms with E-state index >= 15 is 0 Å². The van der Waals surface area contributed by atoms with Gasteiger partial charge >= 0.3 is 5.97 Å². The van der Waals surface area contributed by atoms with Crippen LogP contribution in [0.2, 0.25) is 5.02 Å². The van der Waals surface area contributed by atoms with Crippen LogP contribution in [0.1, 0.15) is 22.6 Å². The molecule has 0 spiro atoms. The van der Waals surface area contributed by atoms with Crippen molar-refractivity contribution in [1.29, 1.82) is 0 Å². The lowest BCUT2D eigenvalue weighted by molar-refractivity contribution is -0.142. The minimum absolute atomic E-state index is 0.0204. The molecule has 1 heterocycles. The Hall–Kier alpha value is -2.99. The highest BCUT2D eigenvalue weighted by Crippen LogP contribution is 2.12. The molecule has 0 aliphatic rings. The van der Waals surface area contributed by atoms with Gasteiger partial charge in [0.15, 0.2) is 12.4 Å². The van der Waals surface area contributed by atoms with E-state index in [2.05, 4.69) is 4.98 Å². The first-order valence-corrected chi connectivity index (χ1v) is 8.72. The lowest BCUT2D eigenvalue weighted by Gasteiger charge is -2.10. The molecule has 27 heavy (non-hydrogen) atoms. The van der Waals surface area contributed by atoms with Crippen LogP contribution in [0.3, 0.4) is 0 Å². The Labute approximate surface area is 160 Å². The Bertz CT molecular complexity index is 1060. The number of carbonyl (C=O) groups excluding carboxylic acids is 2. The third-order valence-electron chi connectivity index (χ3n) is 4.20. The first-order chi connectivity index (χ1) is 13.0. The van der Waals surface area contributed by atoms with Crippen molar-refractivity contribution in [2.24, 2.45) is 7.05 Å². The van der Waals surface area contributed by atoms with Crippen LogP contribution in [-0.4, -0.2) is 27.9 Å². The molecule has 0 radical (unpaired) electrons. The van der Waals surface area contributed by atoms with Crippen molar-refractivity contribution >= 4 is 34.3 Å². The zero-order valence-corrected chi connectivity index (χ0v) is 15.4. The number of Topliss-reactive ketones (excluding diaryl/α,β-unsaturated/α-hetero) is 1. The van der Waals surface area contributed by atoms with Gasteiger partial charge in [-0.3, -0.25) is 14.4 Å². The number of hydrogen-bond acceptors (Lipinski definition) is 5. The second-order valence-electron chi connectivity index (χ2n) is 6.00. The van der Waals surface area contributed by atoms with Gasteiger partial charge in [-0.25, -0.2) is 0 Å². The maximum atomic E-state index is 12.1. The number of benzene rings is 2. The molecule has 2 aromatic carbocycles. The van der Waals surface area contributed by atoms with E-state index < -0.39 is 5.97 Å². The summed E-state index contributed by atoms with van der Waals surface area (Å²) in [5, 5.41) is 1.05. The average molecular weight is 385 g/mol. The van der Waals surface area contributed by atoms with Crippen molar-refractivity contribution in [2.75, 3.05) is 6.61 Å². The summed E-state index contributed by atoms with van der Waals surface area (Å²) in [6.45, 7) is -0.343. The molecule has 3 aromatic rings. The Kier molecular flexibility index (Phi) is 5.66. The fraction of sp³-hybridized carbons (Fsp3) is 0.200. The molecule has 0 fully saturated rings. The quantitative estimate of drug-likeness (QED) is 0.482. The summed E-state index contributed by atoms with van der Waals surface area (Å²) in [6, 6.07) is 13.5. The van der Waals surface area contributed by atoms with Crippen molar-refractivity contribution in [3.05, 3.63) is 75.3 Å². The first-order valence-electron chi connectivity index (χ1n) is 8.35. The average Bonchev–Trinajstić information content (AvgIpc) is 2.68. The number of para-hydroxylation sites is 1. The Morgan fingerprint density at radius 1 is 1.11 bits per heavy atom. The highest BCUT2D eigenvalue weighted by molar-refractivity contribution is 6.30. The number of aromatic nitrogens is 2. The second kappa shape index (κ2) is 8.14. The van der Waals surface area contributed by atoms with Gasteiger partial charge < -0.3 is 9.30 Å². The Balaban J connectivity index is 1.60. The fourth-order valence-electron chi connectivity index (χ4n) is 2.71. The number of fused-ring (bicyclic) bond motifs is 1. The summed E-state index contributed by atoms with van der Waals surface area (Å²) >= 11 is 5.78. The molecule has 0 atom stereocenters. The van der Waals surface area contributed by atoms with Crippen molar-refractivity contribution in [1.82, 2.24) is 9.55 Å². The lowest BCUT2D eigenvalue weighted by atomic mass is 10.1. The van der Waals surface area contributed by atoms with Gasteiger partial charge in [-0.05, 0) is 36.4 Å². The summed E-state index contributed by atoms with van der Waals surface area (Å²) in [5.74, 6) is -0.351. The minimum atomic E-state index is -0.528. The number of ketones is 1.